The highest BCUT2D eigenvalue weighted by atomic mass is 35.5. The molecule has 144 valence electrons. The molecular weight excluding hydrogens is 366 g/mol. The van der Waals surface area contributed by atoms with Crippen LogP contribution in [0.5, 0.6) is 0 Å². The molecule has 0 atom stereocenters. The lowest BCUT2D eigenvalue weighted by Crippen LogP contribution is -2.39. The third kappa shape index (κ3) is 5.32. The van der Waals surface area contributed by atoms with Crippen LogP contribution in [0.3, 0.4) is 0 Å². The fourth-order valence-corrected chi connectivity index (χ4v) is 3.76. The average Bonchev–Trinajstić information content (AvgIpc) is 3.15. The Morgan fingerprint density at radius 1 is 1.22 bits per heavy atom. The first-order valence-corrected chi connectivity index (χ1v) is 9.71. The van der Waals surface area contributed by atoms with Crippen molar-refractivity contribution in [1.29, 1.82) is 0 Å². The molecule has 0 unspecified atom stereocenters. The molecule has 2 aromatic rings. The van der Waals surface area contributed by atoms with Gasteiger partial charge in [0.05, 0.1) is 6.54 Å². The topological polar surface area (TPSA) is 89.4 Å². The fourth-order valence-electron chi connectivity index (χ4n) is 3.57. The molecule has 3 rings (SSSR count). The van der Waals surface area contributed by atoms with Crippen molar-refractivity contribution in [1.82, 2.24) is 10.1 Å². The van der Waals surface area contributed by atoms with Crippen molar-refractivity contribution >= 4 is 23.4 Å². The van der Waals surface area contributed by atoms with Gasteiger partial charge in [-0.1, -0.05) is 61.0 Å². The summed E-state index contributed by atoms with van der Waals surface area (Å²) in [6.07, 6.45) is 6.99. The zero-order chi connectivity index (χ0) is 19.2. The van der Waals surface area contributed by atoms with Crippen LogP contribution in [-0.4, -0.2) is 35.0 Å². The number of carbonyl (C=O) groups is 2. The smallest absolute Gasteiger partial charge is 0.276 e. The van der Waals surface area contributed by atoms with Gasteiger partial charge in [-0.15, -0.1) is 0 Å². The molecule has 2 N–H and O–H groups in total. The number of hydrogen-bond acceptors (Lipinski definition) is 4. The van der Waals surface area contributed by atoms with E-state index in [0.29, 0.717) is 23.2 Å². The summed E-state index contributed by atoms with van der Waals surface area (Å²) in [6.45, 7) is 0.372. The maximum Gasteiger partial charge on any atom is 0.276 e. The highest BCUT2D eigenvalue weighted by molar-refractivity contribution is 6.30. The zero-order valence-electron chi connectivity index (χ0n) is 15.2. The minimum absolute atomic E-state index is 0.120. The van der Waals surface area contributed by atoms with Crippen LogP contribution in [0.25, 0.3) is 11.3 Å². The molecule has 1 heterocycles. The first-order chi connectivity index (χ1) is 13.0. The number of nitrogens with zero attached hydrogens (tertiary/aromatic N) is 2. The second-order valence-corrected chi connectivity index (χ2v) is 7.51. The van der Waals surface area contributed by atoms with E-state index in [-0.39, 0.29) is 18.1 Å². The van der Waals surface area contributed by atoms with Gasteiger partial charge in [-0.2, -0.15) is 0 Å². The van der Waals surface area contributed by atoms with Crippen LogP contribution in [0.1, 0.15) is 49.0 Å². The maximum atomic E-state index is 12.8. The van der Waals surface area contributed by atoms with Gasteiger partial charge in [0, 0.05) is 23.2 Å². The summed E-state index contributed by atoms with van der Waals surface area (Å²) in [5, 5.41) is 4.45. The van der Waals surface area contributed by atoms with Crippen molar-refractivity contribution < 1.29 is 14.1 Å². The molecule has 0 spiro atoms. The van der Waals surface area contributed by atoms with Crippen LogP contribution < -0.4 is 5.73 Å². The van der Waals surface area contributed by atoms with E-state index in [9.17, 15) is 9.59 Å². The first kappa shape index (κ1) is 19.4. The van der Waals surface area contributed by atoms with Crippen molar-refractivity contribution in [2.24, 2.45) is 11.7 Å². The second-order valence-electron chi connectivity index (χ2n) is 7.07. The first-order valence-electron chi connectivity index (χ1n) is 9.33. The summed E-state index contributed by atoms with van der Waals surface area (Å²) in [7, 11) is 0. The molecule has 0 bridgehead atoms. The number of halogens is 1. The van der Waals surface area contributed by atoms with Crippen molar-refractivity contribution in [3.8, 4) is 11.3 Å². The van der Waals surface area contributed by atoms with E-state index in [1.165, 1.54) is 37.0 Å². The van der Waals surface area contributed by atoms with Crippen LogP contribution >= 0.6 is 11.6 Å². The summed E-state index contributed by atoms with van der Waals surface area (Å²) in [5.41, 5.74) is 6.24. The third-order valence-electron chi connectivity index (χ3n) is 5.00. The zero-order valence-corrected chi connectivity index (χ0v) is 16.0. The Morgan fingerprint density at radius 2 is 2.00 bits per heavy atom. The highest BCUT2D eigenvalue weighted by Crippen LogP contribution is 2.27. The van der Waals surface area contributed by atoms with E-state index in [4.69, 9.17) is 21.9 Å². The Hall–Kier alpha value is -2.34. The Balaban J connectivity index is 1.70. The van der Waals surface area contributed by atoms with Gasteiger partial charge in [-0.3, -0.25) is 9.59 Å². The van der Waals surface area contributed by atoms with Crippen molar-refractivity contribution in [3.63, 3.8) is 0 Å². The number of hydrogen-bond donors (Lipinski definition) is 1. The van der Waals surface area contributed by atoms with Crippen molar-refractivity contribution in [2.45, 2.75) is 38.5 Å². The Morgan fingerprint density at radius 3 is 2.70 bits per heavy atom. The number of amides is 2. The molecular formula is C20H24ClN3O3. The highest BCUT2D eigenvalue weighted by Gasteiger charge is 2.23. The number of rotatable bonds is 7. The lowest BCUT2D eigenvalue weighted by atomic mass is 9.87. The number of benzene rings is 1. The van der Waals surface area contributed by atoms with Crippen LogP contribution in [-0.2, 0) is 4.79 Å². The molecule has 1 aromatic heterocycles. The van der Waals surface area contributed by atoms with Crippen molar-refractivity contribution in [2.75, 3.05) is 13.1 Å². The van der Waals surface area contributed by atoms with Crippen LogP contribution in [0, 0.1) is 5.92 Å². The molecule has 6 nitrogen and oxygen atoms in total. The third-order valence-corrected chi connectivity index (χ3v) is 5.24. The molecule has 1 saturated carbocycles. The van der Waals surface area contributed by atoms with Crippen LogP contribution in [0.4, 0.5) is 0 Å². The quantitative estimate of drug-likeness (QED) is 0.777. The fraction of sp³-hybridized carbons (Fsp3) is 0.450. The van der Waals surface area contributed by atoms with E-state index >= 15 is 0 Å². The summed E-state index contributed by atoms with van der Waals surface area (Å²) >= 11 is 6.00. The molecule has 1 aromatic carbocycles. The maximum absolute atomic E-state index is 12.8. The minimum atomic E-state index is -0.537. The van der Waals surface area contributed by atoms with Gasteiger partial charge in [0.1, 0.15) is 0 Å². The summed E-state index contributed by atoms with van der Waals surface area (Å²) in [5.74, 6) is 0.167. The number of aromatic nitrogens is 1. The molecule has 0 aliphatic heterocycles. The Labute approximate surface area is 163 Å². The van der Waals surface area contributed by atoms with Crippen LogP contribution in [0.15, 0.2) is 34.9 Å². The Kier molecular flexibility index (Phi) is 6.50. The average molecular weight is 390 g/mol. The monoisotopic (exact) mass is 389 g/mol. The van der Waals surface area contributed by atoms with E-state index in [2.05, 4.69) is 5.16 Å². The summed E-state index contributed by atoms with van der Waals surface area (Å²) < 4.78 is 5.30. The van der Waals surface area contributed by atoms with E-state index in [0.717, 1.165) is 12.0 Å². The number of carbonyl (C=O) groups excluding carboxylic acids is 2. The summed E-state index contributed by atoms with van der Waals surface area (Å²) in [4.78, 5) is 25.7. The van der Waals surface area contributed by atoms with Crippen molar-refractivity contribution in [3.05, 3.63) is 41.0 Å². The number of nitrogens with two attached hydrogens (primary N) is 1. The molecule has 0 saturated heterocycles. The van der Waals surface area contributed by atoms with Gasteiger partial charge in [0.2, 0.25) is 5.91 Å². The standard InChI is InChI=1S/C20H24ClN3O3/c21-16-8-4-7-15(11-16)18-12-17(23-27-18)20(26)24(13-19(22)25)10-9-14-5-2-1-3-6-14/h4,7-8,11-12,14H,1-3,5-6,9-10,13H2,(H2,22,25). The Bertz CT molecular complexity index is 799. The van der Waals surface area contributed by atoms with Crippen LogP contribution in [0.2, 0.25) is 5.02 Å². The van der Waals surface area contributed by atoms with Gasteiger partial charge in [0.15, 0.2) is 11.5 Å². The molecule has 27 heavy (non-hydrogen) atoms. The van der Waals surface area contributed by atoms with E-state index < -0.39 is 5.91 Å². The van der Waals surface area contributed by atoms with Gasteiger partial charge < -0.3 is 15.2 Å². The predicted molar refractivity (Wildman–Crippen MR) is 103 cm³/mol. The second kappa shape index (κ2) is 9.04. The van der Waals surface area contributed by atoms with E-state index in [1.807, 2.05) is 6.07 Å². The summed E-state index contributed by atoms with van der Waals surface area (Å²) in [6, 6.07) is 8.69. The van der Waals surface area contributed by atoms with Gasteiger partial charge in [-0.05, 0) is 24.5 Å². The molecule has 2 amide bonds. The lowest BCUT2D eigenvalue weighted by molar-refractivity contribution is -0.118. The molecule has 1 fully saturated rings. The SMILES string of the molecule is NC(=O)CN(CCC1CCCCC1)C(=O)c1cc(-c2cccc(Cl)c2)on1. The molecule has 1 aliphatic rings. The number of primary amides is 1. The van der Waals surface area contributed by atoms with Gasteiger partial charge in [0.25, 0.3) is 5.91 Å². The normalized spacial score (nSPS) is 14.9. The van der Waals surface area contributed by atoms with Gasteiger partial charge in [-0.25, -0.2) is 0 Å². The predicted octanol–water partition coefficient (Wildman–Crippen LogP) is 3.89. The molecule has 1 aliphatic carbocycles. The molecule has 7 heteroatoms. The van der Waals surface area contributed by atoms with E-state index in [1.54, 1.807) is 24.3 Å². The molecule has 0 radical (unpaired) electrons. The van der Waals surface area contributed by atoms with Gasteiger partial charge >= 0.3 is 0 Å². The largest absolute Gasteiger partial charge is 0.368 e. The minimum Gasteiger partial charge on any atom is -0.368 e. The lowest BCUT2D eigenvalue weighted by Gasteiger charge is -2.25.